The number of methoxy groups -OCH3 is 2. The highest BCUT2D eigenvalue weighted by atomic mass is 16.5. The van der Waals surface area contributed by atoms with Crippen molar-refractivity contribution in [1.29, 1.82) is 0 Å². The van der Waals surface area contributed by atoms with E-state index in [-0.39, 0.29) is 0 Å². The molecule has 0 aliphatic heterocycles. The van der Waals surface area contributed by atoms with Crippen molar-refractivity contribution in [2.75, 3.05) is 26.1 Å². The number of aliphatic imine (C=N–C) groups is 1. The van der Waals surface area contributed by atoms with Crippen molar-refractivity contribution in [1.82, 2.24) is 0 Å². The van der Waals surface area contributed by atoms with Crippen molar-refractivity contribution < 1.29 is 9.47 Å². The van der Waals surface area contributed by atoms with Crippen molar-refractivity contribution in [2.45, 2.75) is 38.5 Å². The van der Waals surface area contributed by atoms with Crippen LogP contribution in [0.15, 0.2) is 23.2 Å². The number of nitrogens with two attached hydrogens (primary N) is 1. The van der Waals surface area contributed by atoms with E-state index in [9.17, 15) is 0 Å². The minimum absolute atomic E-state index is 0.447. The van der Waals surface area contributed by atoms with Gasteiger partial charge in [-0.15, -0.1) is 0 Å². The molecule has 0 aromatic heterocycles. The van der Waals surface area contributed by atoms with Crippen molar-refractivity contribution in [3.63, 3.8) is 0 Å². The summed E-state index contributed by atoms with van der Waals surface area (Å²) in [7, 11) is 3.23. The Morgan fingerprint density at radius 3 is 2.59 bits per heavy atom. The fraction of sp³-hybridized carbons (Fsp3) is 0.588. The minimum atomic E-state index is 0.447. The molecule has 0 atom stereocenters. The van der Waals surface area contributed by atoms with Crippen molar-refractivity contribution in [3.05, 3.63) is 18.2 Å². The van der Waals surface area contributed by atoms with Gasteiger partial charge in [0.05, 0.1) is 14.2 Å². The lowest BCUT2D eigenvalue weighted by Gasteiger charge is -2.20. The lowest BCUT2D eigenvalue weighted by atomic mass is 9.87. The highest BCUT2D eigenvalue weighted by molar-refractivity contribution is 5.92. The minimum Gasteiger partial charge on any atom is -0.493 e. The van der Waals surface area contributed by atoms with Gasteiger partial charge < -0.3 is 20.5 Å². The van der Waals surface area contributed by atoms with Crippen molar-refractivity contribution in [3.8, 4) is 11.5 Å². The first kappa shape index (κ1) is 16.5. The molecule has 2 rings (SSSR count). The van der Waals surface area contributed by atoms with Gasteiger partial charge >= 0.3 is 0 Å². The molecule has 0 bridgehead atoms. The molecule has 5 nitrogen and oxygen atoms in total. The van der Waals surface area contributed by atoms with Crippen LogP contribution in [0.4, 0.5) is 5.69 Å². The monoisotopic (exact) mass is 305 g/mol. The van der Waals surface area contributed by atoms with E-state index in [1.807, 2.05) is 18.2 Å². The lowest BCUT2D eigenvalue weighted by molar-refractivity contribution is 0.343. The van der Waals surface area contributed by atoms with Gasteiger partial charge in [-0.25, -0.2) is 0 Å². The molecular weight excluding hydrogens is 278 g/mol. The van der Waals surface area contributed by atoms with Crippen LogP contribution in [0.2, 0.25) is 0 Å². The van der Waals surface area contributed by atoms with E-state index in [1.165, 1.54) is 32.1 Å². The Bertz CT molecular complexity index is 497. The fourth-order valence-corrected chi connectivity index (χ4v) is 2.94. The van der Waals surface area contributed by atoms with Crippen molar-refractivity contribution in [2.24, 2.45) is 16.6 Å². The molecule has 22 heavy (non-hydrogen) atoms. The smallest absolute Gasteiger partial charge is 0.193 e. The fourth-order valence-electron chi connectivity index (χ4n) is 2.94. The molecule has 3 N–H and O–H groups in total. The third-order valence-corrected chi connectivity index (χ3v) is 4.20. The molecule has 0 spiro atoms. The molecule has 1 saturated carbocycles. The summed E-state index contributed by atoms with van der Waals surface area (Å²) in [6, 6.07) is 5.59. The normalized spacial score (nSPS) is 16.4. The number of nitrogens with one attached hydrogen (secondary N) is 1. The molecule has 0 unspecified atom stereocenters. The number of nitrogens with zero attached hydrogens (tertiary/aromatic N) is 1. The van der Waals surface area contributed by atoms with Gasteiger partial charge in [0.2, 0.25) is 0 Å². The maximum Gasteiger partial charge on any atom is 0.193 e. The van der Waals surface area contributed by atoms with E-state index in [0.29, 0.717) is 17.5 Å². The summed E-state index contributed by atoms with van der Waals surface area (Å²) in [5, 5.41) is 3.10. The highest BCUT2D eigenvalue weighted by Crippen LogP contribution is 2.29. The van der Waals surface area contributed by atoms with E-state index in [1.54, 1.807) is 14.2 Å². The molecule has 1 aliphatic carbocycles. The summed E-state index contributed by atoms with van der Waals surface area (Å²) in [4.78, 5) is 4.42. The first-order valence-corrected chi connectivity index (χ1v) is 8.02. The largest absolute Gasteiger partial charge is 0.493 e. The van der Waals surface area contributed by atoms with Gasteiger partial charge in [0.15, 0.2) is 17.5 Å². The third-order valence-electron chi connectivity index (χ3n) is 4.20. The average Bonchev–Trinajstić information content (AvgIpc) is 2.55. The van der Waals surface area contributed by atoms with Crippen molar-refractivity contribution >= 4 is 11.6 Å². The predicted molar refractivity (Wildman–Crippen MR) is 90.9 cm³/mol. The second-order valence-electron chi connectivity index (χ2n) is 5.75. The van der Waals surface area contributed by atoms with Gasteiger partial charge in [0.25, 0.3) is 0 Å². The zero-order valence-electron chi connectivity index (χ0n) is 13.6. The molecule has 0 saturated heterocycles. The molecule has 122 valence electrons. The third kappa shape index (κ3) is 4.83. The zero-order valence-corrected chi connectivity index (χ0v) is 13.6. The van der Waals surface area contributed by atoms with E-state index in [4.69, 9.17) is 15.2 Å². The summed E-state index contributed by atoms with van der Waals surface area (Å²) in [5.74, 6) is 2.64. The second-order valence-corrected chi connectivity index (χ2v) is 5.75. The van der Waals surface area contributed by atoms with E-state index < -0.39 is 0 Å². The first-order chi connectivity index (χ1) is 10.7. The lowest BCUT2D eigenvalue weighted by Crippen LogP contribution is -2.23. The van der Waals surface area contributed by atoms with Crippen LogP contribution in [0.3, 0.4) is 0 Å². The Kier molecular flexibility index (Phi) is 6.37. The zero-order chi connectivity index (χ0) is 15.8. The summed E-state index contributed by atoms with van der Waals surface area (Å²) in [6.07, 6.45) is 7.95. The van der Waals surface area contributed by atoms with Gasteiger partial charge in [0.1, 0.15) is 0 Å². The molecule has 0 radical (unpaired) electrons. The first-order valence-electron chi connectivity index (χ1n) is 8.02. The SMILES string of the molecule is COc1ccc(NC(N)=NCCC2CCCCC2)cc1OC. The van der Waals surface area contributed by atoms with E-state index in [0.717, 1.165) is 24.6 Å². The van der Waals surface area contributed by atoms with Crippen LogP contribution < -0.4 is 20.5 Å². The van der Waals surface area contributed by atoms with E-state index in [2.05, 4.69) is 10.3 Å². The number of hydrogen-bond acceptors (Lipinski definition) is 3. The van der Waals surface area contributed by atoms with Gasteiger partial charge in [0, 0.05) is 18.3 Å². The summed E-state index contributed by atoms with van der Waals surface area (Å²) < 4.78 is 10.5. The van der Waals surface area contributed by atoms with Crippen LogP contribution in [0.1, 0.15) is 38.5 Å². The number of guanidine groups is 1. The Morgan fingerprint density at radius 1 is 1.18 bits per heavy atom. The quantitative estimate of drug-likeness (QED) is 0.624. The van der Waals surface area contributed by atoms with Crippen LogP contribution in [0.25, 0.3) is 0 Å². The molecule has 1 aromatic carbocycles. The molecule has 0 heterocycles. The van der Waals surface area contributed by atoms with Gasteiger partial charge in [-0.1, -0.05) is 32.1 Å². The molecule has 1 fully saturated rings. The molecule has 0 amide bonds. The average molecular weight is 305 g/mol. The number of anilines is 1. The number of ether oxygens (including phenoxy) is 2. The Morgan fingerprint density at radius 2 is 1.91 bits per heavy atom. The van der Waals surface area contributed by atoms with Crippen LogP contribution in [0, 0.1) is 5.92 Å². The van der Waals surface area contributed by atoms with Gasteiger partial charge in [-0.2, -0.15) is 0 Å². The standard InChI is InChI=1S/C17H27N3O2/c1-21-15-9-8-14(12-16(15)22-2)20-17(18)19-11-10-13-6-4-3-5-7-13/h8-9,12-13H,3-7,10-11H2,1-2H3,(H3,18,19,20). The number of benzene rings is 1. The Hall–Kier alpha value is -1.91. The second kappa shape index (κ2) is 8.51. The Balaban J connectivity index is 1.85. The van der Waals surface area contributed by atoms with Gasteiger partial charge in [-0.3, -0.25) is 4.99 Å². The maximum absolute atomic E-state index is 5.95. The van der Waals surface area contributed by atoms with Gasteiger partial charge in [-0.05, 0) is 24.5 Å². The number of hydrogen-bond donors (Lipinski definition) is 2. The molecule has 1 aliphatic rings. The van der Waals surface area contributed by atoms with E-state index >= 15 is 0 Å². The predicted octanol–water partition coefficient (Wildman–Crippen LogP) is 3.40. The molecular formula is C17H27N3O2. The number of rotatable bonds is 6. The van der Waals surface area contributed by atoms with Crippen LogP contribution in [0.5, 0.6) is 11.5 Å². The summed E-state index contributed by atoms with van der Waals surface area (Å²) in [5.41, 5.74) is 6.79. The summed E-state index contributed by atoms with van der Waals surface area (Å²) in [6.45, 7) is 0.788. The van der Waals surface area contributed by atoms with Crippen LogP contribution in [-0.4, -0.2) is 26.7 Å². The topological polar surface area (TPSA) is 68.9 Å². The van der Waals surface area contributed by atoms with Crippen LogP contribution >= 0.6 is 0 Å². The maximum atomic E-state index is 5.95. The molecule has 5 heteroatoms. The summed E-state index contributed by atoms with van der Waals surface area (Å²) >= 11 is 0. The molecule has 1 aromatic rings. The Labute approximate surface area is 132 Å². The highest BCUT2D eigenvalue weighted by Gasteiger charge is 2.12. The van der Waals surface area contributed by atoms with Crippen LogP contribution in [-0.2, 0) is 0 Å².